The van der Waals surface area contributed by atoms with Gasteiger partial charge in [-0.25, -0.2) is 13.1 Å². The van der Waals surface area contributed by atoms with Crippen LogP contribution in [0.25, 0.3) is 0 Å². The highest BCUT2D eigenvalue weighted by atomic mass is 32.2. The van der Waals surface area contributed by atoms with E-state index in [2.05, 4.69) is 18.6 Å². The van der Waals surface area contributed by atoms with E-state index in [1.807, 2.05) is 0 Å². The summed E-state index contributed by atoms with van der Waals surface area (Å²) in [5, 5.41) is 9.00. The van der Waals surface area contributed by atoms with E-state index in [1.165, 1.54) is 0 Å². The summed E-state index contributed by atoms with van der Waals surface area (Å²) in [5.41, 5.74) is 0.707. The van der Waals surface area contributed by atoms with E-state index >= 15 is 0 Å². The largest absolute Gasteiger partial charge is 0.392 e. The van der Waals surface area contributed by atoms with Crippen LogP contribution in [-0.4, -0.2) is 19.6 Å². The highest BCUT2D eigenvalue weighted by Gasteiger charge is 2.35. The van der Waals surface area contributed by atoms with E-state index in [0.29, 0.717) is 5.56 Å². The van der Waals surface area contributed by atoms with Gasteiger partial charge in [0.05, 0.1) is 11.5 Å². The van der Waals surface area contributed by atoms with Crippen LogP contribution in [0.3, 0.4) is 0 Å². The summed E-state index contributed by atoms with van der Waals surface area (Å²) in [4.78, 5) is 0.260. The average molecular weight is 297 g/mol. The van der Waals surface area contributed by atoms with Crippen molar-refractivity contribution >= 4 is 10.0 Å². The Labute approximate surface area is 121 Å². The number of aliphatic hydroxyl groups is 1. The van der Waals surface area contributed by atoms with E-state index < -0.39 is 10.0 Å². The van der Waals surface area contributed by atoms with Gasteiger partial charge in [-0.05, 0) is 36.0 Å². The zero-order chi connectivity index (χ0) is 14.8. The van der Waals surface area contributed by atoms with Crippen LogP contribution in [0.1, 0.15) is 45.1 Å². The molecule has 1 atom stereocenters. The molecular formula is C15H23NO3S. The van der Waals surface area contributed by atoms with Gasteiger partial charge >= 0.3 is 0 Å². The summed E-state index contributed by atoms with van der Waals surface area (Å²) in [6.45, 7) is 4.16. The predicted octanol–water partition coefficient (Wildman–Crippen LogP) is 2.43. The molecule has 0 bridgehead atoms. The molecule has 0 saturated heterocycles. The topological polar surface area (TPSA) is 66.4 Å². The second kappa shape index (κ2) is 5.84. The van der Waals surface area contributed by atoms with E-state index in [-0.39, 0.29) is 23.0 Å². The molecule has 4 nitrogen and oxygen atoms in total. The molecule has 1 unspecified atom stereocenters. The van der Waals surface area contributed by atoms with Crippen molar-refractivity contribution in [3.8, 4) is 0 Å². The lowest BCUT2D eigenvalue weighted by Crippen LogP contribution is -2.46. The zero-order valence-corrected chi connectivity index (χ0v) is 12.9. The Morgan fingerprint density at radius 1 is 1.25 bits per heavy atom. The second-order valence-corrected chi connectivity index (χ2v) is 7.92. The van der Waals surface area contributed by atoms with E-state index in [9.17, 15) is 8.42 Å². The van der Waals surface area contributed by atoms with Crippen LogP contribution in [0.2, 0.25) is 0 Å². The summed E-state index contributed by atoms with van der Waals surface area (Å²) in [6.07, 6.45) is 4.17. The zero-order valence-electron chi connectivity index (χ0n) is 12.1. The third-order valence-corrected chi connectivity index (χ3v) is 5.71. The molecule has 0 radical (unpaired) electrons. The van der Waals surface area contributed by atoms with E-state index in [1.54, 1.807) is 24.3 Å². The van der Waals surface area contributed by atoms with Crippen LogP contribution in [0.5, 0.6) is 0 Å². The van der Waals surface area contributed by atoms with E-state index in [4.69, 9.17) is 5.11 Å². The van der Waals surface area contributed by atoms with Crippen molar-refractivity contribution in [1.82, 2.24) is 4.72 Å². The minimum Gasteiger partial charge on any atom is -0.392 e. The van der Waals surface area contributed by atoms with Gasteiger partial charge in [0.2, 0.25) is 10.0 Å². The first kappa shape index (κ1) is 15.5. The third kappa shape index (κ3) is 3.40. The Balaban J connectivity index is 2.17. The Hall–Kier alpha value is -0.910. The summed E-state index contributed by atoms with van der Waals surface area (Å²) in [5.74, 6) is 0. The standard InChI is InChI=1S/C15H23NO3S/c1-15(2)10-4-3-5-14(15)16-20(18,19)13-8-6-12(11-17)7-9-13/h6-9,14,16-17H,3-5,10-11H2,1-2H3. The molecule has 1 aromatic carbocycles. The number of hydrogen-bond acceptors (Lipinski definition) is 3. The first-order valence-corrected chi connectivity index (χ1v) is 8.56. The summed E-state index contributed by atoms with van der Waals surface area (Å²) >= 11 is 0. The lowest BCUT2D eigenvalue weighted by molar-refractivity contribution is 0.188. The molecule has 1 saturated carbocycles. The lowest BCUT2D eigenvalue weighted by Gasteiger charge is -2.38. The van der Waals surface area contributed by atoms with E-state index in [0.717, 1.165) is 25.7 Å². The van der Waals surface area contributed by atoms with Crippen molar-refractivity contribution in [2.24, 2.45) is 5.41 Å². The summed E-state index contributed by atoms with van der Waals surface area (Å²) in [7, 11) is -3.49. The number of hydrogen-bond donors (Lipinski definition) is 2. The van der Waals surface area contributed by atoms with Gasteiger partial charge in [-0.3, -0.25) is 0 Å². The monoisotopic (exact) mass is 297 g/mol. The quantitative estimate of drug-likeness (QED) is 0.897. The first-order valence-electron chi connectivity index (χ1n) is 7.07. The minimum absolute atomic E-state index is 0.00361. The van der Waals surface area contributed by atoms with Crippen molar-refractivity contribution in [3.05, 3.63) is 29.8 Å². The fraction of sp³-hybridized carbons (Fsp3) is 0.600. The van der Waals surface area contributed by atoms with Crippen molar-refractivity contribution in [1.29, 1.82) is 0 Å². The van der Waals surface area contributed by atoms with Crippen molar-refractivity contribution in [3.63, 3.8) is 0 Å². The SMILES string of the molecule is CC1(C)CCCCC1NS(=O)(=O)c1ccc(CO)cc1. The fourth-order valence-corrected chi connectivity index (χ4v) is 4.18. The molecule has 0 amide bonds. The van der Waals surface area contributed by atoms with Crippen molar-refractivity contribution in [2.45, 2.75) is 57.1 Å². The van der Waals surface area contributed by atoms with Crippen LogP contribution >= 0.6 is 0 Å². The number of benzene rings is 1. The maximum Gasteiger partial charge on any atom is 0.240 e. The number of sulfonamides is 1. The van der Waals surface area contributed by atoms with Gasteiger partial charge in [-0.15, -0.1) is 0 Å². The van der Waals surface area contributed by atoms with Gasteiger partial charge in [-0.2, -0.15) is 0 Å². The van der Waals surface area contributed by atoms with Gasteiger partial charge < -0.3 is 5.11 Å². The van der Waals surface area contributed by atoms with Gasteiger partial charge in [-0.1, -0.05) is 38.8 Å². The molecule has 1 fully saturated rings. The normalized spacial score (nSPS) is 22.6. The van der Waals surface area contributed by atoms with Crippen LogP contribution in [0.15, 0.2) is 29.2 Å². The van der Waals surface area contributed by atoms with Crippen LogP contribution in [-0.2, 0) is 16.6 Å². The van der Waals surface area contributed by atoms with Gasteiger partial charge in [0, 0.05) is 6.04 Å². The predicted molar refractivity (Wildman–Crippen MR) is 78.7 cm³/mol. The average Bonchev–Trinajstić information content (AvgIpc) is 2.41. The molecule has 1 aliphatic carbocycles. The van der Waals surface area contributed by atoms with Gasteiger partial charge in [0.25, 0.3) is 0 Å². The number of aliphatic hydroxyl groups excluding tert-OH is 1. The van der Waals surface area contributed by atoms with Crippen LogP contribution in [0.4, 0.5) is 0 Å². The van der Waals surface area contributed by atoms with Crippen molar-refractivity contribution < 1.29 is 13.5 Å². The molecule has 20 heavy (non-hydrogen) atoms. The lowest BCUT2D eigenvalue weighted by atomic mass is 9.74. The maximum absolute atomic E-state index is 12.4. The molecular weight excluding hydrogens is 274 g/mol. The molecule has 0 spiro atoms. The fourth-order valence-electron chi connectivity index (χ4n) is 2.74. The second-order valence-electron chi connectivity index (χ2n) is 6.21. The maximum atomic E-state index is 12.4. The van der Waals surface area contributed by atoms with Gasteiger partial charge in [0.1, 0.15) is 0 Å². The number of rotatable bonds is 4. The molecule has 1 aromatic rings. The highest BCUT2D eigenvalue weighted by Crippen LogP contribution is 2.36. The molecule has 2 N–H and O–H groups in total. The Kier molecular flexibility index (Phi) is 4.52. The molecule has 0 aromatic heterocycles. The molecule has 0 heterocycles. The summed E-state index contributed by atoms with van der Waals surface area (Å²) in [6, 6.07) is 6.35. The third-order valence-electron chi connectivity index (χ3n) is 4.22. The smallest absolute Gasteiger partial charge is 0.240 e. The Morgan fingerprint density at radius 3 is 2.45 bits per heavy atom. The number of nitrogens with one attached hydrogen (secondary N) is 1. The molecule has 2 rings (SSSR count). The summed E-state index contributed by atoms with van der Waals surface area (Å²) < 4.78 is 27.7. The Bertz CT molecular complexity index is 549. The molecule has 5 heteroatoms. The van der Waals surface area contributed by atoms with Crippen LogP contribution in [0, 0.1) is 5.41 Å². The van der Waals surface area contributed by atoms with Crippen LogP contribution < -0.4 is 4.72 Å². The first-order chi connectivity index (χ1) is 9.35. The highest BCUT2D eigenvalue weighted by molar-refractivity contribution is 7.89. The van der Waals surface area contributed by atoms with Crippen molar-refractivity contribution in [2.75, 3.05) is 0 Å². The molecule has 1 aliphatic rings. The minimum atomic E-state index is -3.49. The van der Waals surface area contributed by atoms with Gasteiger partial charge in [0.15, 0.2) is 0 Å². The Morgan fingerprint density at radius 2 is 1.90 bits per heavy atom. The molecule has 0 aliphatic heterocycles. The molecule has 112 valence electrons.